The van der Waals surface area contributed by atoms with E-state index in [0.717, 1.165) is 5.56 Å². The highest BCUT2D eigenvalue weighted by molar-refractivity contribution is 5.42. The summed E-state index contributed by atoms with van der Waals surface area (Å²) in [5.74, 6) is 0.535. The van der Waals surface area contributed by atoms with Crippen molar-refractivity contribution in [3.05, 3.63) is 28.1 Å². The molecule has 2 N–H and O–H groups in total. The SMILES string of the molecule is O=c1ccc2c(o1)NNC2. The summed E-state index contributed by atoms with van der Waals surface area (Å²) < 4.78 is 4.79. The molecule has 0 amide bonds. The van der Waals surface area contributed by atoms with Crippen molar-refractivity contribution in [1.29, 1.82) is 0 Å². The van der Waals surface area contributed by atoms with E-state index < -0.39 is 0 Å². The Hall–Kier alpha value is -1.29. The van der Waals surface area contributed by atoms with Gasteiger partial charge in [-0.05, 0) is 6.07 Å². The second kappa shape index (κ2) is 1.85. The maximum absolute atomic E-state index is 10.6. The van der Waals surface area contributed by atoms with E-state index >= 15 is 0 Å². The van der Waals surface area contributed by atoms with E-state index in [1.165, 1.54) is 6.07 Å². The van der Waals surface area contributed by atoms with Crippen LogP contribution in [0.15, 0.2) is 21.3 Å². The summed E-state index contributed by atoms with van der Waals surface area (Å²) in [6.45, 7) is 0.707. The third-order valence-corrected chi connectivity index (χ3v) is 1.40. The zero-order valence-corrected chi connectivity index (χ0v) is 5.18. The lowest BCUT2D eigenvalue weighted by Crippen LogP contribution is -2.11. The number of hydrogen-bond donors (Lipinski definition) is 2. The van der Waals surface area contributed by atoms with Crippen LogP contribution >= 0.6 is 0 Å². The first-order valence-corrected chi connectivity index (χ1v) is 2.98. The Bertz CT molecular complexity index is 305. The highest BCUT2D eigenvalue weighted by Crippen LogP contribution is 2.15. The van der Waals surface area contributed by atoms with Crippen molar-refractivity contribution in [3.8, 4) is 0 Å². The Labute approximate surface area is 56.8 Å². The standard InChI is InChI=1S/C6H6N2O2/c9-5-2-1-4-3-7-8-6(4)10-5/h1-2,7-8H,3H2. The second-order valence-corrected chi connectivity index (χ2v) is 2.09. The van der Waals surface area contributed by atoms with Crippen LogP contribution in [0.4, 0.5) is 5.88 Å². The maximum Gasteiger partial charge on any atom is 0.337 e. The lowest BCUT2D eigenvalue weighted by atomic mass is 10.3. The third-order valence-electron chi connectivity index (χ3n) is 1.40. The van der Waals surface area contributed by atoms with Gasteiger partial charge in [-0.15, -0.1) is 0 Å². The van der Waals surface area contributed by atoms with Crippen molar-refractivity contribution in [3.63, 3.8) is 0 Å². The fourth-order valence-electron chi connectivity index (χ4n) is 0.909. The van der Waals surface area contributed by atoms with Gasteiger partial charge < -0.3 is 4.42 Å². The first kappa shape index (κ1) is 5.49. The van der Waals surface area contributed by atoms with E-state index in [9.17, 15) is 4.79 Å². The van der Waals surface area contributed by atoms with Crippen molar-refractivity contribution in [1.82, 2.24) is 5.43 Å². The van der Waals surface area contributed by atoms with E-state index in [0.29, 0.717) is 12.4 Å². The van der Waals surface area contributed by atoms with E-state index in [1.54, 1.807) is 6.07 Å². The molecule has 0 radical (unpaired) electrons. The molecule has 52 valence electrons. The maximum atomic E-state index is 10.6. The Morgan fingerprint density at radius 3 is 3.30 bits per heavy atom. The van der Waals surface area contributed by atoms with Crippen molar-refractivity contribution < 1.29 is 4.42 Å². The Morgan fingerprint density at radius 1 is 1.50 bits per heavy atom. The molecular formula is C6H6N2O2. The number of fused-ring (bicyclic) bond motifs is 1. The molecule has 0 saturated carbocycles. The van der Waals surface area contributed by atoms with Gasteiger partial charge in [0.15, 0.2) is 0 Å². The molecular weight excluding hydrogens is 132 g/mol. The average Bonchev–Trinajstić information content (AvgIpc) is 2.33. The van der Waals surface area contributed by atoms with Crippen LogP contribution in [0, 0.1) is 0 Å². The zero-order chi connectivity index (χ0) is 6.97. The molecule has 0 atom stereocenters. The minimum absolute atomic E-state index is 0.324. The van der Waals surface area contributed by atoms with Crippen LogP contribution in [0.3, 0.4) is 0 Å². The van der Waals surface area contributed by atoms with Crippen LogP contribution in [0.1, 0.15) is 5.56 Å². The Kier molecular flexibility index (Phi) is 1.01. The van der Waals surface area contributed by atoms with Crippen LogP contribution in [0.5, 0.6) is 0 Å². The van der Waals surface area contributed by atoms with Crippen molar-refractivity contribution in [2.45, 2.75) is 6.54 Å². The summed E-state index contributed by atoms with van der Waals surface area (Å²) in [6, 6.07) is 3.15. The van der Waals surface area contributed by atoms with E-state index in [4.69, 9.17) is 4.42 Å². The molecule has 0 aliphatic carbocycles. The Balaban J connectivity index is 2.63. The molecule has 0 spiro atoms. The number of nitrogens with one attached hydrogen (secondary N) is 2. The van der Waals surface area contributed by atoms with Crippen LogP contribution in [-0.4, -0.2) is 0 Å². The molecule has 10 heavy (non-hydrogen) atoms. The van der Waals surface area contributed by atoms with Gasteiger partial charge in [-0.2, -0.15) is 0 Å². The van der Waals surface area contributed by atoms with Crippen molar-refractivity contribution >= 4 is 5.88 Å². The summed E-state index contributed by atoms with van der Waals surface area (Å²) in [6.07, 6.45) is 0. The van der Waals surface area contributed by atoms with Gasteiger partial charge in [0, 0.05) is 18.2 Å². The molecule has 0 aromatic carbocycles. The van der Waals surface area contributed by atoms with Gasteiger partial charge in [-0.25, -0.2) is 10.2 Å². The highest BCUT2D eigenvalue weighted by atomic mass is 16.4. The molecule has 2 rings (SSSR count). The van der Waals surface area contributed by atoms with E-state index in [1.807, 2.05) is 0 Å². The minimum atomic E-state index is -0.324. The van der Waals surface area contributed by atoms with Gasteiger partial charge in [-0.3, -0.25) is 5.43 Å². The number of hydrogen-bond acceptors (Lipinski definition) is 4. The lowest BCUT2D eigenvalue weighted by molar-refractivity contribution is 0.526. The van der Waals surface area contributed by atoms with Gasteiger partial charge in [0.25, 0.3) is 0 Å². The first-order valence-electron chi connectivity index (χ1n) is 2.98. The predicted molar refractivity (Wildman–Crippen MR) is 35.4 cm³/mol. The first-order chi connectivity index (χ1) is 4.86. The van der Waals surface area contributed by atoms with Gasteiger partial charge in [0.05, 0.1) is 0 Å². The molecule has 4 nitrogen and oxygen atoms in total. The van der Waals surface area contributed by atoms with Crippen LogP contribution < -0.4 is 16.5 Å². The molecule has 0 fully saturated rings. The molecule has 0 saturated heterocycles. The number of anilines is 1. The molecule has 2 heterocycles. The Morgan fingerprint density at radius 2 is 2.40 bits per heavy atom. The number of rotatable bonds is 0. The fraction of sp³-hybridized carbons (Fsp3) is 0.167. The second-order valence-electron chi connectivity index (χ2n) is 2.09. The van der Waals surface area contributed by atoms with Gasteiger partial charge in [0.1, 0.15) is 0 Å². The van der Waals surface area contributed by atoms with Crippen LogP contribution in [0.25, 0.3) is 0 Å². The molecule has 1 aromatic heterocycles. The largest absolute Gasteiger partial charge is 0.405 e. The average molecular weight is 138 g/mol. The summed E-state index contributed by atoms with van der Waals surface area (Å²) in [7, 11) is 0. The highest BCUT2D eigenvalue weighted by Gasteiger charge is 2.10. The summed E-state index contributed by atoms with van der Waals surface area (Å²) >= 11 is 0. The smallest absolute Gasteiger partial charge is 0.337 e. The molecule has 0 unspecified atom stereocenters. The van der Waals surface area contributed by atoms with Crippen molar-refractivity contribution in [2.75, 3.05) is 5.43 Å². The fourth-order valence-corrected chi connectivity index (χ4v) is 0.909. The van der Waals surface area contributed by atoms with Crippen LogP contribution in [-0.2, 0) is 6.54 Å². The minimum Gasteiger partial charge on any atom is -0.405 e. The van der Waals surface area contributed by atoms with Gasteiger partial charge >= 0.3 is 5.63 Å². The molecule has 1 aliphatic heterocycles. The molecule has 0 bridgehead atoms. The zero-order valence-electron chi connectivity index (χ0n) is 5.18. The summed E-state index contributed by atoms with van der Waals surface area (Å²) in [5, 5.41) is 0. The number of hydrazine groups is 1. The molecule has 1 aromatic rings. The lowest BCUT2D eigenvalue weighted by Gasteiger charge is -1.91. The third kappa shape index (κ3) is 0.698. The van der Waals surface area contributed by atoms with E-state index in [-0.39, 0.29) is 5.63 Å². The summed E-state index contributed by atoms with van der Waals surface area (Å²) in [5.41, 5.74) is 6.22. The predicted octanol–water partition coefficient (Wildman–Crippen LogP) is 0.0699. The quantitative estimate of drug-likeness (QED) is 0.532. The van der Waals surface area contributed by atoms with Crippen molar-refractivity contribution in [2.24, 2.45) is 0 Å². The summed E-state index contributed by atoms with van der Waals surface area (Å²) in [4.78, 5) is 10.6. The molecule has 1 aliphatic rings. The monoisotopic (exact) mass is 138 g/mol. The van der Waals surface area contributed by atoms with Gasteiger partial charge in [0.2, 0.25) is 5.88 Å². The molecule has 4 heteroatoms. The van der Waals surface area contributed by atoms with E-state index in [2.05, 4.69) is 10.9 Å². The van der Waals surface area contributed by atoms with Gasteiger partial charge in [-0.1, -0.05) is 0 Å². The topological polar surface area (TPSA) is 54.3 Å². The van der Waals surface area contributed by atoms with Crippen LogP contribution in [0.2, 0.25) is 0 Å². The normalized spacial score (nSPS) is 14.4.